The highest BCUT2D eigenvalue weighted by Crippen LogP contribution is 2.39. The smallest absolute Gasteiger partial charge is 0.227 e. The van der Waals surface area contributed by atoms with E-state index in [9.17, 15) is 4.79 Å². The predicted molar refractivity (Wildman–Crippen MR) is 75.0 cm³/mol. The number of nitrogens with zero attached hydrogens (tertiary/aromatic N) is 1. The van der Waals surface area contributed by atoms with Crippen molar-refractivity contribution in [2.24, 2.45) is 11.3 Å². The van der Waals surface area contributed by atoms with Gasteiger partial charge in [-0.1, -0.05) is 33.4 Å². The molecule has 1 heterocycles. The molecule has 0 aromatic rings. The summed E-state index contributed by atoms with van der Waals surface area (Å²) in [6.07, 6.45) is 7.40. The zero-order chi connectivity index (χ0) is 13.3. The summed E-state index contributed by atoms with van der Waals surface area (Å²) in [6, 6.07) is 0. The van der Waals surface area contributed by atoms with Crippen molar-refractivity contribution in [3.05, 3.63) is 23.9 Å². The lowest BCUT2D eigenvalue weighted by atomic mass is 9.73. The van der Waals surface area contributed by atoms with E-state index in [0.717, 1.165) is 37.4 Å². The molecular formula is C16H25NO. The van der Waals surface area contributed by atoms with Gasteiger partial charge in [0.05, 0.1) is 0 Å². The van der Waals surface area contributed by atoms with Crippen molar-refractivity contribution in [2.45, 2.75) is 52.9 Å². The number of amides is 1. The molecule has 1 unspecified atom stereocenters. The molecule has 0 aromatic carbocycles. The molecule has 2 nitrogen and oxygen atoms in total. The van der Waals surface area contributed by atoms with Crippen molar-refractivity contribution < 1.29 is 4.79 Å². The van der Waals surface area contributed by atoms with E-state index in [-0.39, 0.29) is 5.91 Å². The molecule has 2 aliphatic rings. The van der Waals surface area contributed by atoms with Crippen molar-refractivity contribution in [3.63, 3.8) is 0 Å². The van der Waals surface area contributed by atoms with E-state index >= 15 is 0 Å². The maximum atomic E-state index is 11.7. The first-order chi connectivity index (χ1) is 8.39. The summed E-state index contributed by atoms with van der Waals surface area (Å²) in [6.45, 7) is 11.9. The summed E-state index contributed by atoms with van der Waals surface area (Å²) in [5.74, 6) is 1.00. The van der Waals surface area contributed by atoms with E-state index in [1.54, 1.807) is 0 Å². The highest BCUT2D eigenvalue weighted by atomic mass is 16.2. The van der Waals surface area contributed by atoms with Gasteiger partial charge >= 0.3 is 0 Å². The van der Waals surface area contributed by atoms with Gasteiger partial charge in [0.25, 0.3) is 0 Å². The highest BCUT2D eigenvalue weighted by Gasteiger charge is 2.29. The van der Waals surface area contributed by atoms with Crippen LogP contribution in [-0.2, 0) is 4.79 Å². The maximum absolute atomic E-state index is 11.7. The zero-order valence-electron chi connectivity index (χ0n) is 12.0. The average molecular weight is 247 g/mol. The Kier molecular flexibility index (Phi) is 3.65. The minimum Gasteiger partial charge on any atom is -0.313 e. The Hall–Kier alpha value is -1.05. The maximum Gasteiger partial charge on any atom is 0.227 e. The molecule has 1 aliphatic carbocycles. The molecular weight excluding hydrogens is 222 g/mol. The number of carbonyl (C=O) groups excluding carboxylic acids is 1. The number of likely N-dealkylation sites (tertiary alicyclic amines) is 1. The normalized spacial score (nSPS) is 25.3. The van der Waals surface area contributed by atoms with Crippen LogP contribution in [0.4, 0.5) is 0 Å². The second-order valence-electron chi connectivity index (χ2n) is 6.66. The topological polar surface area (TPSA) is 20.3 Å². The van der Waals surface area contributed by atoms with Gasteiger partial charge in [-0.15, -0.1) is 0 Å². The molecule has 0 N–H and O–H groups in total. The van der Waals surface area contributed by atoms with Gasteiger partial charge in [-0.2, -0.15) is 0 Å². The molecule has 1 saturated heterocycles. The lowest BCUT2D eigenvalue weighted by molar-refractivity contribution is -0.125. The first kappa shape index (κ1) is 13.4. The molecule has 100 valence electrons. The third-order valence-corrected chi connectivity index (χ3v) is 4.41. The van der Waals surface area contributed by atoms with Crippen LogP contribution >= 0.6 is 0 Å². The fourth-order valence-corrected chi connectivity index (χ4v) is 2.99. The molecule has 0 saturated carbocycles. The number of hydrogen-bond donors (Lipinski definition) is 0. The first-order valence-electron chi connectivity index (χ1n) is 7.08. The number of hydrogen-bond acceptors (Lipinski definition) is 1. The molecule has 1 atom stereocenters. The molecule has 18 heavy (non-hydrogen) atoms. The van der Waals surface area contributed by atoms with Crippen molar-refractivity contribution >= 4 is 5.91 Å². The van der Waals surface area contributed by atoms with Gasteiger partial charge in [0.2, 0.25) is 5.91 Å². The number of allylic oxidation sites excluding steroid dienone is 2. The summed E-state index contributed by atoms with van der Waals surface area (Å²) in [5.41, 5.74) is 2.64. The third-order valence-electron chi connectivity index (χ3n) is 4.41. The van der Waals surface area contributed by atoms with Crippen molar-refractivity contribution in [3.8, 4) is 0 Å². The number of carbonyl (C=O) groups is 1. The summed E-state index contributed by atoms with van der Waals surface area (Å²) >= 11 is 0. The van der Waals surface area contributed by atoms with Crippen LogP contribution in [0.2, 0.25) is 0 Å². The van der Waals surface area contributed by atoms with Crippen molar-refractivity contribution in [1.29, 1.82) is 0 Å². The molecule has 0 radical (unpaired) electrons. The van der Waals surface area contributed by atoms with Crippen LogP contribution < -0.4 is 0 Å². The zero-order valence-corrected chi connectivity index (χ0v) is 12.0. The van der Waals surface area contributed by atoms with Gasteiger partial charge in [-0.05, 0) is 42.6 Å². The van der Waals surface area contributed by atoms with Gasteiger partial charge in [-0.3, -0.25) is 4.79 Å². The molecule has 0 bridgehead atoms. The highest BCUT2D eigenvalue weighted by molar-refractivity contribution is 5.80. The lowest BCUT2D eigenvalue weighted by Crippen LogP contribution is -2.27. The minimum atomic E-state index is 0.249. The van der Waals surface area contributed by atoms with Crippen LogP contribution in [0, 0.1) is 11.3 Å². The summed E-state index contributed by atoms with van der Waals surface area (Å²) < 4.78 is 0. The van der Waals surface area contributed by atoms with Gasteiger partial charge in [-0.25, -0.2) is 0 Å². The van der Waals surface area contributed by atoms with E-state index in [4.69, 9.17) is 0 Å². The van der Waals surface area contributed by atoms with Crippen LogP contribution in [0.1, 0.15) is 52.9 Å². The van der Waals surface area contributed by atoms with E-state index < -0.39 is 0 Å². The van der Waals surface area contributed by atoms with Crippen LogP contribution in [0.3, 0.4) is 0 Å². The fraction of sp³-hybridized carbons (Fsp3) is 0.688. The quantitative estimate of drug-likeness (QED) is 0.725. The molecule has 1 fully saturated rings. The van der Waals surface area contributed by atoms with Gasteiger partial charge in [0, 0.05) is 18.7 Å². The van der Waals surface area contributed by atoms with Gasteiger partial charge in [0.1, 0.15) is 0 Å². The van der Waals surface area contributed by atoms with E-state index in [1.165, 1.54) is 12.0 Å². The van der Waals surface area contributed by atoms with Crippen LogP contribution in [-0.4, -0.2) is 17.4 Å². The Morgan fingerprint density at radius 3 is 2.56 bits per heavy atom. The largest absolute Gasteiger partial charge is 0.313 e. The Morgan fingerprint density at radius 1 is 1.39 bits per heavy atom. The first-order valence-corrected chi connectivity index (χ1v) is 7.08. The lowest BCUT2D eigenvalue weighted by Gasteiger charge is -2.34. The SMILES string of the molecule is C=C(C1=CCC(C(C)(C)C)CC1)N1CCCC1=O. The van der Waals surface area contributed by atoms with E-state index in [1.807, 2.05) is 4.90 Å². The molecule has 0 spiro atoms. The Labute approximate surface area is 111 Å². The Bertz CT molecular complexity index is 386. The van der Waals surface area contributed by atoms with Crippen molar-refractivity contribution in [2.75, 3.05) is 6.54 Å². The molecule has 2 heteroatoms. The van der Waals surface area contributed by atoms with E-state index in [0.29, 0.717) is 11.8 Å². The molecule has 0 aromatic heterocycles. The Morgan fingerprint density at radius 2 is 2.11 bits per heavy atom. The monoisotopic (exact) mass is 247 g/mol. The van der Waals surface area contributed by atoms with Gasteiger partial charge < -0.3 is 4.90 Å². The second kappa shape index (κ2) is 4.91. The van der Waals surface area contributed by atoms with E-state index in [2.05, 4.69) is 33.4 Å². The molecule has 2 rings (SSSR count). The van der Waals surface area contributed by atoms with Crippen LogP contribution in [0.15, 0.2) is 23.9 Å². The van der Waals surface area contributed by atoms with Crippen molar-refractivity contribution in [1.82, 2.24) is 4.90 Å². The average Bonchev–Trinajstić information content (AvgIpc) is 2.73. The number of rotatable bonds is 2. The molecule has 1 aliphatic heterocycles. The standard InChI is InChI=1S/C16H25NO/c1-12(17-11-5-6-15(17)18)13-7-9-14(10-8-13)16(2,3)4/h7,14H,1,5-6,8-11H2,2-4H3. The Balaban J connectivity index is 2.01. The molecule has 1 amide bonds. The second-order valence-corrected chi connectivity index (χ2v) is 6.66. The van der Waals surface area contributed by atoms with Crippen LogP contribution in [0.25, 0.3) is 0 Å². The van der Waals surface area contributed by atoms with Gasteiger partial charge in [0.15, 0.2) is 0 Å². The summed E-state index contributed by atoms with van der Waals surface area (Å²) in [7, 11) is 0. The third kappa shape index (κ3) is 2.68. The fourth-order valence-electron chi connectivity index (χ4n) is 2.99. The van der Waals surface area contributed by atoms with Crippen LogP contribution in [0.5, 0.6) is 0 Å². The minimum absolute atomic E-state index is 0.249. The summed E-state index contributed by atoms with van der Waals surface area (Å²) in [5, 5.41) is 0. The summed E-state index contributed by atoms with van der Waals surface area (Å²) in [4.78, 5) is 13.6. The predicted octanol–water partition coefficient (Wildman–Crippen LogP) is 3.90.